The molecule has 1 aliphatic rings. The lowest BCUT2D eigenvalue weighted by molar-refractivity contribution is -0.140. The number of aliphatic carboxylic acids is 1. The second-order valence-corrected chi connectivity index (χ2v) is 5.29. The van der Waals surface area contributed by atoms with Gasteiger partial charge in [0.25, 0.3) is 5.91 Å². The molecule has 0 fully saturated rings. The molecule has 114 valence electrons. The van der Waals surface area contributed by atoms with Crippen molar-refractivity contribution in [1.29, 1.82) is 0 Å². The summed E-state index contributed by atoms with van der Waals surface area (Å²) in [5.41, 5.74) is 8.13. The van der Waals surface area contributed by atoms with Crippen LogP contribution in [0.15, 0.2) is 30.6 Å². The van der Waals surface area contributed by atoms with Gasteiger partial charge in [0.05, 0.1) is 22.1 Å². The first kappa shape index (κ1) is 14.4. The van der Waals surface area contributed by atoms with Crippen LogP contribution in [0.4, 0.5) is 11.4 Å². The summed E-state index contributed by atoms with van der Waals surface area (Å²) in [5, 5.41) is 14.7. The fraction of sp³-hybridized carbons (Fsp3) is 0.143. The number of benzene rings is 1. The van der Waals surface area contributed by atoms with Crippen molar-refractivity contribution in [3.05, 3.63) is 41.2 Å². The molecular formula is C14H13ClN4O3. The molecule has 2 heterocycles. The van der Waals surface area contributed by atoms with Crippen molar-refractivity contribution in [2.24, 2.45) is 5.73 Å². The van der Waals surface area contributed by atoms with Crippen molar-refractivity contribution >= 4 is 34.9 Å². The molecule has 1 unspecified atom stereocenters. The van der Waals surface area contributed by atoms with E-state index in [0.717, 1.165) is 5.56 Å². The van der Waals surface area contributed by atoms with E-state index in [1.807, 2.05) is 18.5 Å². The maximum atomic E-state index is 11.7. The van der Waals surface area contributed by atoms with Crippen LogP contribution < -0.4 is 16.4 Å². The number of anilines is 2. The van der Waals surface area contributed by atoms with E-state index in [1.165, 1.54) is 0 Å². The zero-order chi connectivity index (χ0) is 15.9. The summed E-state index contributed by atoms with van der Waals surface area (Å²) < 4.78 is 1.79. The fourth-order valence-electron chi connectivity index (χ4n) is 2.29. The number of carboxylic acids is 1. The normalized spacial score (nSPS) is 16.6. The monoisotopic (exact) mass is 320 g/mol. The van der Waals surface area contributed by atoms with Crippen molar-refractivity contribution in [2.45, 2.75) is 12.6 Å². The van der Waals surface area contributed by atoms with Crippen molar-refractivity contribution in [1.82, 2.24) is 4.57 Å². The van der Waals surface area contributed by atoms with Crippen molar-refractivity contribution in [3.8, 4) is 5.69 Å². The molecule has 22 heavy (non-hydrogen) atoms. The lowest BCUT2D eigenvalue weighted by Crippen LogP contribution is -2.44. The Labute approximate surface area is 130 Å². The van der Waals surface area contributed by atoms with Gasteiger partial charge in [-0.3, -0.25) is 4.79 Å². The van der Waals surface area contributed by atoms with Gasteiger partial charge in [-0.1, -0.05) is 11.6 Å². The van der Waals surface area contributed by atoms with Crippen LogP contribution in [0.5, 0.6) is 0 Å². The minimum absolute atomic E-state index is 0.408. The Morgan fingerprint density at radius 3 is 2.82 bits per heavy atom. The van der Waals surface area contributed by atoms with Crippen LogP contribution in [0, 0.1) is 0 Å². The van der Waals surface area contributed by atoms with Gasteiger partial charge in [-0.05, 0) is 23.8 Å². The number of fused-ring (bicyclic) bond motifs is 1. The lowest BCUT2D eigenvalue weighted by Gasteiger charge is -2.25. The molecule has 0 saturated heterocycles. The van der Waals surface area contributed by atoms with Gasteiger partial charge in [-0.25, -0.2) is 4.79 Å². The second-order valence-electron chi connectivity index (χ2n) is 4.89. The molecule has 1 aromatic carbocycles. The predicted molar refractivity (Wildman–Crippen MR) is 82.3 cm³/mol. The van der Waals surface area contributed by atoms with Crippen molar-refractivity contribution in [3.63, 3.8) is 0 Å². The van der Waals surface area contributed by atoms with Crippen LogP contribution in [-0.4, -0.2) is 27.6 Å². The largest absolute Gasteiger partial charge is 0.479 e. The smallest absolute Gasteiger partial charge is 0.336 e. The number of amides is 1. The molecule has 0 spiro atoms. The summed E-state index contributed by atoms with van der Waals surface area (Å²) in [5.74, 6) is -1.87. The third-order valence-electron chi connectivity index (χ3n) is 3.42. The number of hydrogen-bond acceptors (Lipinski definition) is 4. The number of hydrogen-bond donors (Lipinski definition) is 4. The Hall–Kier alpha value is -2.51. The molecule has 0 bridgehead atoms. The van der Waals surface area contributed by atoms with Gasteiger partial charge in [0.1, 0.15) is 0 Å². The molecule has 7 nitrogen and oxygen atoms in total. The summed E-state index contributed by atoms with van der Waals surface area (Å²) in [4.78, 5) is 22.8. The van der Waals surface area contributed by atoms with Gasteiger partial charge in [0.15, 0.2) is 0 Å². The fourth-order valence-corrected chi connectivity index (χ4v) is 2.55. The van der Waals surface area contributed by atoms with Crippen LogP contribution in [-0.2, 0) is 16.1 Å². The lowest BCUT2D eigenvalue weighted by atomic mass is 10.1. The number of nitrogens with one attached hydrogen (secondary N) is 2. The third kappa shape index (κ3) is 2.40. The van der Waals surface area contributed by atoms with E-state index >= 15 is 0 Å². The molecule has 1 atom stereocenters. The van der Waals surface area contributed by atoms with Gasteiger partial charge >= 0.3 is 5.97 Å². The third-order valence-corrected chi connectivity index (χ3v) is 3.72. The molecule has 0 radical (unpaired) electrons. The van der Waals surface area contributed by atoms with Gasteiger partial charge < -0.3 is 26.0 Å². The number of carboxylic acid groups (broad SMARTS) is 1. The molecule has 0 saturated carbocycles. The van der Waals surface area contributed by atoms with Crippen LogP contribution in [0.3, 0.4) is 0 Å². The standard InChI is InChI=1S/C14H13ClN4O3/c15-8-3-9-10(17-12(14(21)22)13(20)18-9)4-11(8)19-2-1-7(5-16)6-19/h1-4,6,12,17H,5,16H2,(H,18,20)(H,21,22). The number of aromatic nitrogens is 1. The van der Waals surface area contributed by atoms with Gasteiger partial charge in [0, 0.05) is 18.9 Å². The molecule has 0 aliphatic carbocycles. The highest BCUT2D eigenvalue weighted by atomic mass is 35.5. The highest BCUT2D eigenvalue weighted by molar-refractivity contribution is 6.33. The summed E-state index contributed by atoms with van der Waals surface area (Å²) in [6.07, 6.45) is 3.65. The number of nitrogens with two attached hydrogens (primary N) is 1. The number of nitrogens with zero attached hydrogens (tertiary/aromatic N) is 1. The van der Waals surface area contributed by atoms with Gasteiger partial charge in [-0.2, -0.15) is 0 Å². The Morgan fingerprint density at radius 1 is 1.41 bits per heavy atom. The Morgan fingerprint density at radius 2 is 2.18 bits per heavy atom. The summed E-state index contributed by atoms with van der Waals surface area (Å²) in [7, 11) is 0. The molecule has 5 N–H and O–H groups in total. The van der Waals surface area contributed by atoms with Gasteiger partial charge in [0.2, 0.25) is 6.04 Å². The molecular weight excluding hydrogens is 308 g/mol. The maximum absolute atomic E-state index is 11.7. The molecule has 3 rings (SSSR count). The highest BCUT2D eigenvalue weighted by Gasteiger charge is 2.32. The number of rotatable bonds is 3. The van der Waals surface area contributed by atoms with Crippen molar-refractivity contribution < 1.29 is 14.7 Å². The van der Waals surface area contributed by atoms with E-state index in [0.29, 0.717) is 28.6 Å². The molecule has 1 amide bonds. The minimum Gasteiger partial charge on any atom is -0.479 e. The summed E-state index contributed by atoms with van der Waals surface area (Å²) >= 11 is 6.25. The summed E-state index contributed by atoms with van der Waals surface area (Å²) in [6.45, 7) is 0.408. The van der Waals surface area contributed by atoms with Crippen LogP contribution in [0.1, 0.15) is 5.56 Å². The predicted octanol–water partition coefficient (Wildman–Crippen LogP) is 1.41. The van der Waals surface area contributed by atoms with E-state index in [1.54, 1.807) is 16.7 Å². The van der Waals surface area contributed by atoms with E-state index < -0.39 is 17.9 Å². The number of carbonyl (C=O) groups excluding carboxylic acids is 1. The highest BCUT2D eigenvalue weighted by Crippen LogP contribution is 2.34. The van der Waals surface area contributed by atoms with E-state index in [-0.39, 0.29) is 0 Å². The van der Waals surface area contributed by atoms with Crippen LogP contribution in [0.2, 0.25) is 5.02 Å². The quantitative estimate of drug-likeness (QED) is 0.639. The minimum atomic E-state index is -1.33. The molecule has 8 heteroatoms. The average Bonchev–Trinajstić information content (AvgIpc) is 2.94. The van der Waals surface area contributed by atoms with E-state index in [2.05, 4.69) is 10.6 Å². The maximum Gasteiger partial charge on any atom is 0.336 e. The van der Waals surface area contributed by atoms with Crippen molar-refractivity contribution in [2.75, 3.05) is 10.6 Å². The van der Waals surface area contributed by atoms with E-state index in [9.17, 15) is 9.59 Å². The van der Waals surface area contributed by atoms with Crippen LogP contribution >= 0.6 is 11.6 Å². The number of carbonyl (C=O) groups is 2. The molecule has 1 aromatic heterocycles. The Balaban J connectivity index is 2.03. The van der Waals surface area contributed by atoms with E-state index in [4.69, 9.17) is 22.4 Å². The SMILES string of the molecule is NCc1ccn(-c2cc3c(cc2Cl)NC(=O)C(C(=O)O)N3)c1. The summed E-state index contributed by atoms with van der Waals surface area (Å²) in [6, 6.07) is 3.81. The second kappa shape index (κ2) is 5.36. The molecule has 2 aromatic rings. The average molecular weight is 321 g/mol. The van der Waals surface area contributed by atoms with Gasteiger partial charge in [-0.15, -0.1) is 0 Å². The first-order chi connectivity index (χ1) is 10.5. The Kier molecular flexibility index (Phi) is 3.51. The zero-order valence-electron chi connectivity index (χ0n) is 11.3. The first-order valence-electron chi connectivity index (χ1n) is 6.50. The topological polar surface area (TPSA) is 109 Å². The van der Waals surface area contributed by atoms with Crippen LogP contribution in [0.25, 0.3) is 5.69 Å². The first-order valence-corrected chi connectivity index (χ1v) is 6.88. The number of halogens is 1. The molecule has 1 aliphatic heterocycles. The Bertz CT molecular complexity index is 771. The zero-order valence-corrected chi connectivity index (χ0v) is 12.1.